The Labute approximate surface area is 138 Å². The van der Waals surface area contributed by atoms with Gasteiger partial charge in [-0.15, -0.1) is 0 Å². The third-order valence-electron chi connectivity index (χ3n) is 3.61. The van der Waals surface area contributed by atoms with Gasteiger partial charge in [-0.05, 0) is 42.3 Å². The van der Waals surface area contributed by atoms with Crippen LogP contribution in [0.1, 0.15) is 17.0 Å². The van der Waals surface area contributed by atoms with Crippen LogP contribution >= 0.6 is 11.6 Å². The fourth-order valence-corrected chi connectivity index (χ4v) is 2.72. The minimum atomic E-state index is -0.550. The fraction of sp³-hybridized carbons (Fsp3) is 0.250. The van der Waals surface area contributed by atoms with Crippen LogP contribution < -0.4 is 10.5 Å². The third-order valence-corrected chi connectivity index (χ3v) is 3.94. The van der Waals surface area contributed by atoms with E-state index in [1.165, 1.54) is 25.3 Å². The van der Waals surface area contributed by atoms with E-state index in [1.807, 2.05) is 0 Å². The molecule has 23 heavy (non-hydrogen) atoms. The van der Waals surface area contributed by atoms with Crippen molar-refractivity contribution >= 4 is 17.3 Å². The first-order valence-corrected chi connectivity index (χ1v) is 7.30. The molecule has 0 heterocycles. The van der Waals surface area contributed by atoms with Crippen molar-refractivity contribution in [1.82, 2.24) is 0 Å². The van der Waals surface area contributed by atoms with Crippen LogP contribution in [0.2, 0.25) is 5.02 Å². The van der Waals surface area contributed by atoms with Crippen LogP contribution in [0, 0.1) is 15.9 Å². The van der Waals surface area contributed by atoms with Crippen LogP contribution in [-0.2, 0) is 6.42 Å². The number of methoxy groups -OCH3 is 1. The molecular weight excluding hydrogens is 323 g/mol. The Bertz CT molecular complexity index is 707. The predicted molar refractivity (Wildman–Crippen MR) is 86.6 cm³/mol. The molecule has 0 spiro atoms. The Morgan fingerprint density at radius 3 is 2.52 bits per heavy atom. The molecule has 0 aromatic heterocycles. The molecule has 122 valence electrons. The van der Waals surface area contributed by atoms with E-state index in [4.69, 9.17) is 22.1 Å². The summed E-state index contributed by atoms with van der Waals surface area (Å²) in [6.45, 7) is 0.290. The average molecular weight is 339 g/mol. The maximum atomic E-state index is 13.0. The number of hydrogen-bond acceptors (Lipinski definition) is 4. The number of hydrogen-bond donors (Lipinski definition) is 1. The highest BCUT2D eigenvalue weighted by Gasteiger charge is 2.22. The topological polar surface area (TPSA) is 78.4 Å². The van der Waals surface area contributed by atoms with E-state index in [0.717, 1.165) is 5.56 Å². The van der Waals surface area contributed by atoms with Crippen molar-refractivity contribution in [3.05, 3.63) is 68.5 Å². The molecule has 0 bridgehead atoms. The summed E-state index contributed by atoms with van der Waals surface area (Å²) in [6.07, 6.45) is 0.539. The first-order chi connectivity index (χ1) is 11.0. The lowest BCUT2D eigenvalue weighted by Gasteiger charge is -2.18. The Kier molecular flexibility index (Phi) is 5.52. The molecule has 0 saturated heterocycles. The summed E-state index contributed by atoms with van der Waals surface area (Å²) in [7, 11) is 1.36. The molecular formula is C16H16ClFN2O3. The van der Waals surface area contributed by atoms with E-state index >= 15 is 0 Å². The Morgan fingerprint density at radius 1 is 1.35 bits per heavy atom. The van der Waals surface area contributed by atoms with Crippen LogP contribution in [0.3, 0.4) is 0 Å². The Hall–Kier alpha value is -2.18. The van der Waals surface area contributed by atoms with Crippen molar-refractivity contribution < 1.29 is 14.1 Å². The number of halogens is 2. The molecule has 0 aliphatic carbocycles. The van der Waals surface area contributed by atoms with Gasteiger partial charge in [0.2, 0.25) is 0 Å². The first kappa shape index (κ1) is 17.2. The van der Waals surface area contributed by atoms with Gasteiger partial charge in [0, 0.05) is 12.0 Å². The molecule has 0 aliphatic heterocycles. The maximum absolute atomic E-state index is 13.0. The maximum Gasteiger partial charge on any atom is 0.312 e. The Balaban J connectivity index is 2.37. The number of benzene rings is 2. The molecule has 0 fully saturated rings. The summed E-state index contributed by atoms with van der Waals surface area (Å²) in [5.41, 5.74) is 7.20. The summed E-state index contributed by atoms with van der Waals surface area (Å²) >= 11 is 6.19. The van der Waals surface area contributed by atoms with E-state index < -0.39 is 4.92 Å². The molecule has 2 rings (SSSR count). The number of nitro benzene ring substituents is 1. The van der Waals surface area contributed by atoms with Crippen LogP contribution in [0.25, 0.3) is 0 Å². The van der Waals surface area contributed by atoms with Gasteiger partial charge >= 0.3 is 5.69 Å². The highest BCUT2D eigenvalue weighted by molar-refractivity contribution is 6.31. The zero-order chi connectivity index (χ0) is 17.0. The molecule has 5 nitrogen and oxygen atoms in total. The second kappa shape index (κ2) is 7.39. The average Bonchev–Trinajstić information content (AvgIpc) is 2.54. The number of ether oxygens (including phenoxy) is 1. The molecule has 2 aromatic carbocycles. The summed E-state index contributed by atoms with van der Waals surface area (Å²) in [5, 5.41) is 11.3. The van der Waals surface area contributed by atoms with E-state index in [0.29, 0.717) is 12.0 Å². The molecule has 7 heteroatoms. The molecule has 0 radical (unpaired) electrons. The predicted octanol–water partition coefficient (Wildman–Crippen LogP) is 3.68. The van der Waals surface area contributed by atoms with E-state index in [2.05, 4.69) is 0 Å². The van der Waals surface area contributed by atoms with Crippen molar-refractivity contribution in [3.63, 3.8) is 0 Å². The standard InChI is InChI=1S/C16H16ClFN2O3/c1-23-16-7-13(14(17)8-15(16)20(21)22)11(9-19)6-10-2-4-12(18)5-3-10/h2-5,7-8,11H,6,9,19H2,1H3. The van der Waals surface area contributed by atoms with Gasteiger partial charge in [-0.3, -0.25) is 10.1 Å². The highest BCUT2D eigenvalue weighted by atomic mass is 35.5. The SMILES string of the molecule is COc1cc(C(CN)Cc2ccc(F)cc2)c(Cl)cc1[N+](=O)[O-]. The molecule has 0 aliphatic rings. The van der Waals surface area contributed by atoms with Crippen LogP contribution in [0.4, 0.5) is 10.1 Å². The minimum Gasteiger partial charge on any atom is -0.490 e. The van der Waals surface area contributed by atoms with Gasteiger partial charge in [-0.2, -0.15) is 0 Å². The fourth-order valence-electron chi connectivity index (χ4n) is 2.40. The minimum absolute atomic E-state index is 0.131. The molecule has 0 amide bonds. The van der Waals surface area contributed by atoms with Gasteiger partial charge in [-0.25, -0.2) is 4.39 Å². The monoisotopic (exact) mass is 338 g/mol. The summed E-state index contributed by atoms with van der Waals surface area (Å²) in [6, 6.07) is 8.91. The van der Waals surface area contributed by atoms with Crippen molar-refractivity contribution in [2.75, 3.05) is 13.7 Å². The lowest BCUT2D eigenvalue weighted by atomic mass is 9.91. The zero-order valence-electron chi connectivity index (χ0n) is 12.5. The van der Waals surface area contributed by atoms with Crippen LogP contribution in [-0.4, -0.2) is 18.6 Å². The Morgan fingerprint density at radius 2 is 2.00 bits per heavy atom. The van der Waals surface area contributed by atoms with Crippen molar-refractivity contribution in [2.45, 2.75) is 12.3 Å². The van der Waals surface area contributed by atoms with Gasteiger partial charge < -0.3 is 10.5 Å². The summed E-state index contributed by atoms with van der Waals surface area (Å²) in [4.78, 5) is 10.5. The second-order valence-electron chi connectivity index (χ2n) is 5.07. The largest absolute Gasteiger partial charge is 0.490 e. The lowest BCUT2D eigenvalue weighted by molar-refractivity contribution is -0.385. The second-order valence-corrected chi connectivity index (χ2v) is 5.47. The first-order valence-electron chi connectivity index (χ1n) is 6.92. The number of nitrogens with zero attached hydrogens (tertiary/aromatic N) is 1. The van der Waals surface area contributed by atoms with Crippen molar-refractivity contribution in [3.8, 4) is 5.75 Å². The molecule has 2 N–H and O–H groups in total. The molecule has 0 saturated carbocycles. The molecule has 1 unspecified atom stereocenters. The van der Waals surface area contributed by atoms with Gasteiger partial charge in [0.1, 0.15) is 5.82 Å². The summed E-state index contributed by atoms with van der Waals surface area (Å²) < 4.78 is 18.1. The zero-order valence-corrected chi connectivity index (χ0v) is 13.2. The van der Waals surface area contributed by atoms with Crippen molar-refractivity contribution in [2.24, 2.45) is 5.73 Å². The summed E-state index contributed by atoms with van der Waals surface area (Å²) in [5.74, 6) is -0.345. The number of nitrogens with two attached hydrogens (primary N) is 1. The quantitative estimate of drug-likeness (QED) is 0.643. The number of rotatable bonds is 6. The van der Waals surface area contributed by atoms with Crippen LogP contribution in [0.5, 0.6) is 5.75 Å². The highest BCUT2D eigenvalue weighted by Crippen LogP contribution is 2.37. The van der Waals surface area contributed by atoms with E-state index in [1.54, 1.807) is 18.2 Å². The van der Waals surface area contributed by atoms with Gasteiger partial charge in [0.15, 0.2) is 5.75 Å². The van der Waals surface area contributed by atoms with E-state index in [9.17, 15) is 14.5 Å². The molecule has 2 aromatic rings. The number of nitro groups is 1. The van der Waals surface area contributed by atoms with Crippen LogP contribution in [0.15, 0.2) is 36.4 Å². The van der Waals surface area contributed by atoms with Gasteiger partial charge in [0.05, 0.1) is 17.1 Å². The molecule has 1 atom stereocenters. The van der Waals surface area contributed by atoms with Crippen molar-refractivity contribution in [1.29, 1.82) is 0 Å². The van der Waals surface area contributed by atoms with E-state index in [-0.39, 0.29) is 34.7 Å². The lowest BCUT2D eigenvalue weighted by Crippen LogP contribution is -2.16. The van der Waals surface area contributed by atoms with Gasteiger partial charge in [-0.1, -0.05) is 23.7 Å². The van der Waals surface area contributed by atoms with Gasteiger partial charge in [0.25, 0.3) is 0 Å². The smallest absolute Gasteiger partial charge is 0.312 e. The third kappa shape index (κ3) is 3.97. The normalized spacial score (nSPS) is 12.0.